The Morgan fingerprint density at radius 1 is 1.31 bits per heavy atom. The minimum absolute atomic E-state index is 0.142. The molecule has 0 unspecified atom stereocenters. The summed E-state index contributed by atoms with van der Waals surface area (Å²) in [6.45, 7) is 8.74. The average Bonchev–Trinajstić information content (AvgIpc) is 2.26. The molecule has 3 nitrogen and oxygen atoms in total. The van der Waals surface area contributed by atoms with Gasteiger partial charge in [0.05, 0.1) is 18.5 Å². The number of benzene rings is 1. The predicted molar refractivity (Wildman–Crippen MR) is 68.6 cm³/mol. The molecule has 1 heterocycles. The van der Waals surface area contributed by atoms with Gasteiger partial charge < -0.3 is 15.0 Å². The second-order valence-corrected chi connectivity index (χ2v) is 5.13. The first-order valence-electron chi connectivity index (χ1n) is 5.72. The summed E-state index contributed by atoms with van der Waals surface area (Å²) in [7, 11) is 1.71. The smallest absolute Gasteiger partial charge is 0.121 e. The summed E-state index contributed by atoms with van der Waals surface area (Å²) >= 11 is 0. The largest absolute Gasteiger partial charge is 0.497 e. The van der Waals surface area contributed by atoms with Gasteiger partial charge in [-0.3, -0.25) is 0 Å². The molecule has 1 aliphatic heterocycles. The van der Waals surface area contributed by atoms with Crippen LogP contribution in [0.4, 0.5) is 11.4 Å². The molecule has 1 aromatic rings. The molecule has 0 saturated heterocycles. The summed E-state index contributed by atoms with van der Waals surface area (Å²) in [5.41, 5.74) is 2.57. The van der Waals surface area contributed by atoms with Gasteiger partial charge in [-0.25, -0.2) is 0 Å². The number of hydrogen-bond acceptors (Lipinski definition) is 3. The van der Waals surface area contributed by atoms with Crippen LogP contribution in [-0.2, 0) is 0 Å². The molecule has 2 rings (SSSR count). The Balaban J connectivity index is 2.43. The highest BCUT2D eigenvalue weighted by Crippen LogP contribution is 2.36. The Kier molecular flexibility index (Phi) is 2.70. The number of ether oxygens (including phenoxy) is 1. The van der Waals surface area contributed by atoms with E-state index in [1.165, 1.54) is 11.4 Å². The van der Waals surface area contributed by atoms with Crippen LogP contribution in [0, 0.1) is 0 Å². The molecule has 1 aromatic carbocycles. The van der Waals surface area contributed by atoms with Crippen molar-refractivity contribution in [3.63, 3.8) is 0 Å². The molecule has 0 aromatic heterocycles. The Hall–Kier alpha value is -1.38. The van der Waals surface area contributed by atoms with Gasteiger partial charge in [0.15, 0.2) is 0 Å². The summed E-state index contributed by atoms with van der Waals surface area (Å²) in [5, 5.41) is 3.42. The maximum atomic E-state index is 5.29. The summed E-state index contributed by atoms with van der Waals surface area (Å²) < 4.78 is 5.29. The number of nitrogens with zero attached hydrogens (tertiary/aromatic N) is 1. The highest BCUT2D eigenvalue weighted by atomic mass is 16.5. The van der Waals surface area contributed by atoms with Gasteiger partial charge >= 0.3 is 0 Å². The fraction of sp³-hybridized carbons (Fsp3) is 0.538. The molecule has 0 radical (unpaired) electrons. The van der Waals surface area contributed by atoms with E-state index in [0.29, 0.717) is 0 Å². The second-order valence-electron chi connectivity index (χ2n) is 5.13. The molecule has 88 valence electrons. The molecule has 0 aliphatic carbocycles. The number of nitrogens with one attached hydrogen (secondary N) is 1. The van der Waals surface area contributed by atoms with Crippen LogP contribution >= 0.6 is 0 Å². The van der Waals surface area contributed by atoms with E-state index >= 15 is 0 Å². The molecule has 16 heavy (non-hydrogen) atoms. The van der Waals surface area contributed by atoms with E-state index in [1.807, 2.05) is 6.07 Å². The molecule has 0 fully saturated rings. The van der Waals surface area contributed by atoms with Crippen LogP contribution in [0.2, 0.25) is 0 Å². The van der Waals surface area contributed by atoms with Gasteiger partial charge in [0, 0.05) is 24.7 Å². The maximum Gasteiger partial charge on any atom is 0.121 e. The van der Waals surface area contributed by atoms with Gasteiger partial charge in [0.2, 0.25) is 0 Å². The van der Waals surface area contributed by atoms with E-state index < -0.39 is 0 Å². The Bertz CT molecular complexity index is 382. The van der Waals surface area contributed by atoms with Crippen molar-refractivity contribution < 1.29 is 4.74 Å². The quantitative estimate of drug-likeness (QED) is 0.787. The van der Waals surface area contributed by atoms with Crippen molar-refractivity contribution in [2.24, 2.45) is 0 Å². The molecule has 1 aliphatic rings. The summed E-state index contributed by atoms with van der Waals surface area (Å²) in [4.78, 5) is 2.42. The Labute approximate surface area is 97.4 Å². The topological polar surface area (TPSA) is 24.5 Å². The third-order valence-corrected chi connectivity index (χ3v) is 2.96. The molecule has 1 N–H and O–H groups in total. The van der Waals surface area contributed by atoms with Crippen molar-refractivity contribution in [3.05, 3.63) is 18.2 Å². The van der Waals surface area contributed by atoms with Gasteiger partial charge in [-0.15, -0.1) is 0 Å². The predicted octanol–water partition coefficient (Wildman–Crippen LogP) is 2.73. The zero-order valence-corrected chi connectivity index (χ0v) is 10.5. The SMILES string of the molecule is COc1ccc2c(c1)N(C(C)(C)C)CCN2. The lowest BCUT2D eigenvalue weighted by atomic mass is 10.0. The molecular formula is C13H20N2O. The first-order valence-corrected chi connectivity index (χ1v) is 5.72. The Morgan fingerprint density at radius 3 is 2.69 bits per heavy atom. The zero-order chi connectivity index (χ0) is 11.8. The van der Waals surface area contributed by atoms with E-state index in [1.54, 1.807) is 7.11 Å². The minimum Gasteiger partial charge on any atom is -0.497 e. The summed E-state index contributed by atoms with van der Waals surface area (Å²) in [6, 6.07) is 6.19. The molecule has 0 spiro atoms. The number of rotatable bonds is 1. The van der Waals surface area contributed by atoms with Crippen LogP contribution in [0.5, 0.6) is 5.75 Å². The van der Waals surface area contributed by atoms with E-state index in [0.717, 1.165) is 18.8 Å². The van der Waals surface area contributed by atoms with Gasteiger partial charge in [-0.1, -0.05) is 0 Å². The molecule has 0 amide bonds. The van der Waals surface area contributed by atoms with Gasteiger partial charge in [0.25, 0.3) is 0 Å². The number of anilines is 2. The lowest BCUT2D eigenvalue weighted by Gasteiger charge is -2.42. The highest BCUT2D eigenvalue weighted by molar-refractivity contribution is 5.74. The van der Waals surface area contributed by atoms with E-state index in [4.69, 9.17) is 4.74 Å². The lowest BCUT2D eigenvalue weighted by molar-refractivity contribution is 0.414. The first kappa shape index (κ1) is 11.1. The first-order chi connectivity index (χ1) is 7.52. The van der Waals surface area contributed by atoms with Crippen molar-refractivity contribution in [1.29, 1.82) is 0 Å². The van der Waals surface area contributed by atoms with Crippen molar-refractivity contribution in [2.75, 3.05) is 30.4 Å². The third-order valence-electron chi connectivity index (χ3n) is 2.96. The summed E-state index contributed by atoms with van der Waals surface area (Å²) in [5.74, 6) is 0.914. The number of hydrogen-bond donors (Lipinski definition) is 1. The van der Waals surface area contributed by atoms with E-state index in [2.05, 4.69) is 43.1 Å². The van der Waals surface area contributed by atoms with Crippen LogP contribution in [0.1, 0.15) is 20.8 Å². The van der Waals surface area contributed by atoms with Crippen LogP contribution < -0.4 is 15.0 Å². The third kappa shape index (κ3) is 1.94. The van der Waals surface area contributed by atoms with Crippen molar-refractivity contribution in [3.8, 4) is 5.75 Å². The van der Waals surface area contributed by atoms with Gasteiger partial charge in [0.1, 0.15) is 5.75 Å². The monoisotopic (exact) mass is 220 g/mol. The molecule has 0 atom stereocenters. The van der Waals surface area contributed by atoms with Gasteiger partial charge in [-0.2, -0.15) is 0 Å². The zero-order valence-electron chi connectivity index (χ0n) is 10.5. The number of methoxy groups -OCH3 is 1. The van der Waals surface area contributed by atoms with Crippen LogP contribution in [-0.4, -0.2) is 25.7 Å². The normalized spacial score (nSPS) is 15.4. The van der Waals surface area contributed by atoms with Crippen LogP contribution in [0.15, 0.2) is 18.2 Å². The molecule has 0 bridgehead atoms. The Morgan fingerprint density at radius 2 is 2.06 bits per heavy atom. The van der Waals surface area contributed by atoms with E-state index in [-0.39, 0.29) is 5.54 Å². The average molecular weight is 220 g/mol. The standard InChI is InChI=1S/C13H20N2O/c1-13(2,3)15-8-7-14-11-6-5-10(16-4)9-12(11)15/h5-6,9,14H,7-8H2,1-4H3. The molecule has 0 saturated carbocycles. The fourth-order valence-corrected chi connectivity index (χ4v) is 2.13. The lowest BCUT2D eigenvalue weighted by Crippen LogP contribution is -2.46. The second kappa shape index (κ2) is 3.89. The van der Waals surface area contributed by atoms with Gasteiger partial charge in [-0.05, 0) is 32.9 Å². The van der Waals surface area contributed by atoms with Crippen molar-refractivity contribution in [1.82, 2.24) is 0 Å². The van der Waals surface area contributed by atoms with Crippen LogP contribution in [0.25, 0.3) is 0 Å². The molecular weight excluding hydrogens is 200 g/mol. The summed E-state index contributed by atoms with van der Waals surface area (Å²) in [6.07, 6.45) is 0. The van der Waals surface area contributed by atoms with E-state index in [9.17, 15) is 0 Å². The van der Waals surface area contributed by atoms with Crippen molar-refractivity contribution in [2.45, 2.75) is 26.3 Å². The fourth-order valence-electron chi connectivity index (χ4n) is 2.13. The van der Waals surface area contributed by atoms with Crippen LogP contribution in [0.3, 0.4) is 0 Å². The maximum absolute atomic E-state index is 5.29. The highest BCUT2D eigenvalue weighted by Gasteiger charge is 2.26. The minimum atomic E-state index is 0.142. The number of fused-ring (bicyclic) bond motifs is 1. The molecule has 3 heteroatoms. The van der Waals surface area contributed by atoms with Crippen molar-refractivity contribution >= 4 is 11.4 Å².